The van der Waals surface area contributed by atoms with Gasteiger partial charge in [0.25, 0.3) is 5.91 Å². The lowest BCUT2D eigenvalue weighted by Crippen LogP contribution is -2.13. The minimum absolute atomic E-state index is 0.0427. The number of nitrogens with one attached hydrogen (secondary N) is 1. The minimum Gasteiger partial charge on any atom is -0.304 e. The molecule has 0 aliphatic rings. The van der Waals surface area contributed by atoms with Gasteiger partial charge in [-0.05, 0) is 30.3 Å². The molecule has 1 amide bonds. The minimum atomic E-state index is -0.560. The molecule has 2 aromatic carbocycles. The van der Waals surface area contributed by atoms with Crippen LogP contribution >= 0.6 is 23.2 Å². The quantitative estimate of drug-likeness (QED) is 0.707. The van der Waals surface area contributed by atoms with Crippen LogP contribution < -0.4 is 5.32 Å². The van der Waals surface area contributed by atoms with Crippen LogP contribution in [0.15, 0.2) is 48.7 Å². The molecule has 0 radical (unpaired) electrons. The van der Waals surface area contributed by atoms with Crippen molar-refractivity contribution in [2.45, 2.75) is 6.54 Å². The summed E-state index contributed by atoms with van der Waals surface area (Å²) in [6.07, 6.45) is 1.44. The van der Waals surface area contributed by atoms with E-state index in [1.165, 1.54) is 41.2 Å². The molecular weight excluding hydrogens is 371 g/mol. The molecule has 0 saturated carbocycles. The first-order valence-electron chi connectivity index (χ1n) is 7.17. The van der Waals surface area contributed by atoms with Crippen LogP contribution in [0.4, 0.5) is 14.6 Å². The molecule has 0 bridgehead atoms. The largest absolute Gasteiger partial charge is 0.304 e. The molecule has 0 aliphatic heterocycles. The van der Waals surface area contributed by atoms with Crippen molar-refractivity contribution in [1.82, 2.24) is 9.78 Å². The van der Waals surface area contributed by atoms with Crippen LogP contribution in [-0.4, -0.2) is 15.7 Å². The van der Waals surface area contributed by atoms with E-state index in [1.807, 2.05) is 0 Å². The molecular formula is C17H11Cl2F2N3O. The molecule has 8 heteroatoms. The lowest BCUT2D eigenvalue weighted by atomic mass is 10.2. The van der Waals surface area contributed by atoms with E-state index in [4.69, 9.17) is 23.2 Å². The Kier molecular flexibility index (Phi) is 5.01. The van der Waals surface area contributed by atoms with Gasteiger partial charge in [0.05, 0.1) is 6.54 Å². The summed E-state index contributed by atoms with van der Waals surface area (Å²) in [5.41, 5.74) is 0.383. The molecule has 128 valence electrons. The zero-order valence-electron chi connectivity index (χ0n) is 12.6. The Morgan fingerprint density at radius 1 is 1.12 bits per heavy atom. The SMILES string of the molecule is O=C(Nc1nn(Cc2c(F)cccc2Cl)cc1Cl)c1cccc(F)c1. The molecule has 1 aromatic heterocycles. The number of anilines is 1. The van der Waals surface area contributed by atoms with Crippen LogP contribution in [-0.2, 0) is 6.54 Å². The van der Waals surface area contributed by atoms with Crippen molar-refractivity contribution in [3.8, 4) is 0 Å². The van der Waals surface area contributed by atoms with Gasteiger partial charge in [-0.2, -0.15) is 5.10 Å². The van der Waals surface area contributed by atoms with Crippen molar-refractivity contribution in [1.29, 1.82) is 0 Å². The smallest absolute Gasteiger partial charge is 0.257 e. The maximum atomic E-state index is 13.8. The second-order valence-electron chi connectivity index (χ2n) is 5.19. The lowest BCUT2D eigenvalue weighted by Gasteiger charge is -2.06. The molecule has 0 spiro atoms. The number of rotatable bonds is 4. The number of aromatic nitrogens is 2. The van der Waals surface area contributed by atoms with Crippen LogP contribution in [0.3, 0.4) is 0 Å². The molecule has 1 heterocycles. The Morgan fingerprint density at radius 2 is 1.88 bits per heavy atom. The zero-order valence-corrected chi connectivity index (χ0v) is 14.2. The molecule has 0 unspecified atom stereocenters. The predicted octanol–water partition coefficient (Wildman–Crippen LogP) is 4.77. The number of carbonyl (C=O) groups excluding carboxylic acids is 1. The fraction of sp³-hybridized carbons (Fsp3) is 0.0588. The van der Waals surface area contributed by atoms with Crippen molar-refractivity contribution in [3.05, 3.63) is 81.5 Å². The van der Waals surface area contributed by atoms with Gasteiger partial charge in [0.15, 0.2) is 5.82 Å². The number of benzene rings is 2. The van der Waals surface area contributed by atoms with E-state index in [2.05, 4.69) is 10.4 Å². The van der Waals surface area contributed by atoms with Crippen molar-refractivity contribution in [3.63, 3.8) is 0 Å². The molecule has 4 nitrogen and oxygen atoms in total. The first-order valence-corrected chi connectivity index (χ1v) is 7.92. The second kappa shape index (κ2) is 7.21. The molecule has 1 N–H and O–H groups in total. The highest BCUT2D eigenvalue weighted by Crippen LogP contribution is 2.24. The highest BCUT2D eigenvalue weighted by molar-refractivity contribution is 6.33. The van der Waals surface area contributed by atoms with Gasteiger partial charge in [-0.1, -0.05) is 35.3 Å². The third-order valence-electron chi connectivity index (χ3n) is 3.42. The standard InChI is InChI=1S/C17H11Cl2F2N3O/c18-13-5-2-6-15(21)12(13)8-24-9-14(19)16(23-24)22-17(25)10-3-1-4-11(20)7-10/h1-7,9H,8H2,(H,22,23,25). The normalized spacial score (nSPS) is 10.7. The fourth-order valence-corrected chi connectivity index (χ4v) is 2.64. The summed E-state index contributed by atoms with van der Waals surface area (Å²) >= 11 is 12.0. The Balaban J connectivity index is 1.80. The van der Waals surface area contributed by atoms with Crippen LogP contribution in [0.5, 0.6) is 0 Å². The molecule has 3 rings (SSSR count). The summed E-state index contributed by atoms with van der Waals surface area (Å²) in [7, 11) is 0. The van der Waals surface area contributed by atoms with Gasteiger partial charge in [0, 0.05) is 22.3 Å². The highest BCUT2D eigenvalue weighted by Gasteiger charge is 2.15. The number of nitrogens with zero attached hydrogens (tertiary/aromatic N) is 2. The third-order valence-corrected chi connectivity index (χ3v) is 4.05. The van der Waals surface area contributed by atoms with Gasteiger partial charge in [-0.15, -0.1) is 0 Å². The predicted molar refractivity (Wildman–Crippen MR) is 92.1 cm³/mol. The average Bonchev–Trinajstić information content (AvgIpc) is 2.90. The number of hydrogen-bond donors (Lipinski definition) is 1. The van der Waals surface area contributed by atoms with Gasteiger partial charge in [-0.25, -0.2) is 8.78 Å². The highest BCUT2D eigenvalue weighted by atomic mass is 35.5. The molecule has 3 aromatic rings. The van der Waals surface area contributed by atoms with Crippen molar-refractivity contribution < 1.29 is 13.6 Å². The first kappa shape index (κ1) is 17.4. The van der Waals surface area contributed by atoms with E-state index in [0.29, 0.717) is 0 Å². The zero-order chi connectivity index (χ0) is 18.0. The number of halogens is 4. The average molecular weight is 382 g/mol. The summed E-state index contributed by atoms with van der Waals surface area (Å²) in [4.78, 5) is 12.1. The van der Waals surface area contributed by atoms with E-state index >= 15 is 0 Å². The van der Waals surface area contributed by atoms with Crippen molar-refractivity contribution in [2.24, 2.45) is 0 Å². The molecule has 25 heavy (non-hydrogen) atoms. The summed E-state index contributed by atoms with van der Waals surface area (Å²) < 4.78 is 28.4. The summed E-state index contributed by atoms with van der Waals surface area (Å²) in [5, 5.41) is 7.03. The second-order valence-corrected chi connectivity index (χ2v) is 6.00. The Hall–Kier alpha value is -2.44. The topological polar surface area (TPSA) is 46.9 Å². The Labute approximate surface area is 152 Å². The van der Waals surface area contributed by atoms with Crippen LogP contribution in [0, 0.1) is 11.6 Å². The van der Waals surface area contributed by atoms with E-state index in [1.54, 1.807) is 6.07 Å². The molecule has 0 fully saturated rings. The monoisotopic (exact) mass is 381 g/mol. The van der Waals surface area contributed by atoms with Gasteiger partial charge >= 0.3 is 0 Å². The lowest BCUT2D eigenvalue weighted by molar-refractivity contribution is 0.102. The van der Waals surface area contributed by atoms with E-state index in [0.717, 1.165) is 6.07 Å². The van der Waals surface area contributed by atoms with E-state index in [-0.39, 0.29) is 33.5 Å². The van der Waals surface area contributed by atoms with Crippen LogP contribution in [0.25, 0.3) is 0 Å². The van der Waals surface area contributed by atoms with E-state index < -0.39 is 17.5 Å². The van der Waals surface area contributed by atoms with Crippen LogP contribution in [0.2, 0.25) is 10.0 Å². The van der Waals surface area contributed by atoms with Gasteiger partial charge in [0.1, 0.15) is 16.7 Å². The summed E-state index contributed by atoms with van der Waals surface area (Å²) in [6.45, 7) is 0.0427. The van der Waals surface area contributed by atoms with Gasteiger partial charge in [0.2, 0.25) is 0 Å². The van der Waals surface area contributed by atoms with Gasteiger partial charge < -0.3 is 5.32 Å². The maximum Gasteiger partial charge on any atom is 0.257 e. The molecule has 0 aliphatic carbocycles. The van der Waals surface area contributed by atoms with Crippen molar-refractivity contribution in [2.75, 3.05) is 5.32 Å². The fourth-order valence-electron chi connectivity index (χ4n) is 2.22. The van der Waals surface area contributed by atoms with Crippen LogP contribution in [0.1, 0.15) is 15.9 Å². The molecule has 0 atom stereocenters. The Morgan fingerprint density at radius 3 is 2.60 bits per heavy atom. The van der Waals surface area contributed by atoms with Gasteiger partial charge in [-0.3, -0.25) is 9.48 Å². The Bertz CT molecular complexity index is 923. The third kappa shape index (κ3) is 3.97. The van der Waals surface area contributed by atoms with Crippen molar-refractivity contribution >= 4 is 34.9 Å². The first-order chi connectivity index (χ1) is 11.9. The number of hydrogen-bond acceptors (Lipinski definition) is 2. The summed E-state index contributed by atoms with van der Waals surface area (Å²) in [5.74, 6) is -1.47. The molecule has 0 saturated heterocycles. The maximum absolute atomic E-state index is 13.8. The summed E-state index contributed by atoms with van der Waals surface area (Å²) in [6, 6.07) is 9.57. The number of amides is 1. The number of carbonyl (C=O) groups is 1. The van der Waals surface area contributed by atoms with E-state index in [9.17, 15) is 13.6 Å².